The molecule has 0 bridgehead atoms. The molecule has 35 heavy (non-hydrogen) atoms. The number of hydrazone groups is 1. The number of carbonyl (C=O) groups excluding carboxylic acids is 2. The molecular formula is C28H23F2N3O2. The molecule has 1 amide bonds. The van der Waals surface area contributed by atoms with E-state index in [9.17, 15) is 18.4 Å². The highest BCUT2D eigenvalue weighted by atomic mass is 19.3. The van der Waals surface area contributed by atoms with Crippen LogP contribution in [0.25, 0.3) is 16.6 Å². The minimum Gasteiger partial charge on any atom is -0.316 e. The summed E-state index contributed by atoms with van der Waals surface area (Å²) in [5.41, 5.74) is 3.11. The van der Waals surface area contributed by atoms with Gasteiger partial charge in [0.05, 0.1) is 16.9 Å². The van der Waals surface area contributed by atoms with Crippen LogP contribution in [0, 0.1) is 5.92 Å². The molecular weight excluding hydrogens is 448 g/mol. The Bertz CT molecular complexity index is 1470. The average Bonchev–Trinajstić information content (AvgIpc) is 3.39. The van der Waals surface area contributed by atoms with Gasteiger partial charge in [0.15, 0.2) is 5.78 Å². The van der Waals surface area contributed by atoms with Gasteiger partial charge in [0.2, 0.25) is 0 Å². The van der Waals surface area contributed by atoms with Gasteiger partial charge in [-0.05, 0) is 48.9 Å². The summed E-state index contributed by atoms with van der Waals surface area (Å²) in [6.07, 6.45) is 1.83. The number of hydrogen-bond acceptors (Lipinski definition) is 3. The van der Waals surface area contributed by atoms with Crippen LogP contribution >= 0.6 is 0 Å². The van der Waals surface area contributed by atoms with Gasteiger partial charge >= 0.3 is 0 Å². The second kappa shape index (κ2) is 8.58. The zero-order valence-corrected chi connectivity index (χ0v) is 19.3. The number of alkyl halides is 2. The van der Waals surface area contributed by atoms with Crippen LogP contribution in [0.1, 0.15) is 25.0 Å². The lowest BCUT2D eigenvalue weighted by Crippen LogP contribution is -2.33. The Kier molecular flexibility index (Phi) is 5.55. The third-order valence-corrected chi connectivity index (χ3v) is 6.22. The molecule has 0 spiro atoms. The van der Waals surface area contributed by atoms with E-state index < -0.39 is 17.7 Å². The van der Waals surface area contributed by atoms with Crippen LogP contribution in [0.3, 0.4) is 0 Å². The van der Waals surface area contributed by atoms with E-state index in [0.717, 1.165) is 23.5 Å². The predicted molar refractivity (Wildman–Crippen MR) is 132 cm³/mol. The lowest BCUT2D eigenvalue weighted by Gasteiger charge is -2.15. The molecule has 2 heterocycles. The van der Waals surface area contributed by atoms with Gasteiger partial charge in [-0.25, -0.2) is 8.78 Å². The fraction of sp³-hybridized carbons (Fsp3) is 0.179. The number of Topliss-reactive ketones (excluding diaryl/α,β-unsaturated/α-hetero) is 1. The van der Waals surface area contributed by atoms with Crippen LogP contribution in [0.2, 0.25) is 0 Å². The second-order valence-electron chi connectivity index (χ2n) is 8.82. The highest BCUT2D eigenvalue weighted by Gasteiger charge is 2.39. The summed E-state index contributed by atoms with van der Waals surface area (Å²) in [4.78, 5) is 26.3. The summed E-state index contributed by atoms with van der Waals surface area (Å²) in [5, 5.41) is 6.65. The number of fused-ring (bicyclic) bond motifs is 1. The second-order valence-corrected chi connectivity index (χ2v) is 8.82. The maximum Gasteiger partial charge on any atom is 0.270 e. The third-order valence-electron chi connectivity index (χ3n) is 6.22. The molecule has 176 valence electrons. The maximum atomic E-state index is 13.7. The van der Waals surface area contributed by atoms with Crippen molar-refractivity contribution in [3.05, 3.63) is 96.2 Å². The third kappa shape index (κ3) is 4.25. The largest absolute Gasteiger partial charge is 0.316 e. The van der Waals surface area contributed by atoms with Gasteiger partial charge in [-0.2, -0.15) is 10.1 Å². The van der Waals surface area contributed by atoms with Crippen LogP contribution in [0.15, 0.2) is 90.2 Å². The highest BCUT2D eigenvalue weighted by Crippen LogP contribution is 2.31. The van der Waals surface area contributed by atoms with E-state index in [1.54, 1.807) is 19.1 Å². The standard InChI is InChI=1S/C28H23F2N3O2/c1-18-26(25(34)16-19-7-6-8-21(15-19)28(2,29)30)27(35)33(31-18)23-12-11-20-13-14-32(24(20)17-23)22-9-4-3-5-10-22/h3-15,17,26H,16H2,1-2H3. The first-order valence-electron chi connectivity index (χ1n) is 11.3. The number of benzene rings is 3. The zero-order valence-electron chi connectivity index (χ0n) is 19.3. The minimum atomic E-state index is -3.01. The van der Waals surface area contributed by atoms with Gasteiger partial charge in [-0.15, -0.1) is 0 Å². The molecule has 0 fully saturated rings. The Morgan fingerprint density at radius 3 is 2.49 bits per heavy atom. The zero-order chi connectivity index (χ0) is 24.7. The smallest absolute Gasteiger partial charge is 0.270 e. The van der Waals surface area contributed by atoms with E-state index in [1.165, 1.54) is 23.2 Å². The first-order chi connectivity index (χ1) is 16.7. The van der Waals surface area contributed by atoms with E-state index in [2.05, 4.69) is 5.10 Å². The van der Waals surface area contributed by atoms with Crippen molar-refractivity contribution in [2.45, 2.75) is 26.2 Å². The number of hydrogen-bond donors (Lipinski definition) is 0. The lowest BCUT2D eigenvalue weighted by molar-refractivity contribution is -0.128. The molecule has 3 aromatic carbocycles. The number of para-hydroxylation sites is 1. The Hall–Kier alpha value is -4.13. The Morgan fingerprint density at radius 2 is 1.74 bits per heavy atom. The van der Waals surface area contributed by atoms with E-state index >= 15 is 0 Å². The molecule has 1 aliphatic rings. The van der Waals surface area contributed by atoms with E-state index in [0.29, 0.717) is 17.0 Å². The number of ketones is 1. The summed E-state index contributed by atoms with van der Waals surface area (Å²) < 4.78 is 29.4. The molecule has 7 heteroatoms. The van der Waals surface area contributed by atoms with Crippen molar-refractivity contribution in [3.8, 4) is 5.69 Å². The molecule has 1 atom stereocenters. The van der Waals surface area contributed by atoms with E-state index in [4.69, 9.17) is 0 Å². The molecule has 0 radical (unpaired) electrons. The predicted octanol–water partition coefficient (Wildman–Crippen LogP) is 5.89. The van der Waals surface area contributed by atoms with Crippen molar-refractivity contribution >= 4 is 34.0 Å². The summed E-state index contributed by atoms with van der Waals surface area (Å²) in [7, 11) is 0. The number of nitrogens with zero attached hydrogens (tertiary/aromatic N) is 3. The van der Waals surface area contributed by atoms with Gasteiger partial charge < -0.3 is 4.57 Å². The van der Waals surface area contributed by atoms with E-state index in [1.807, 2.05) is 59.3 Å². The summed E-state index contributed by atoms with van der Waals surface area (Å²) in [6.45, 7) is 2.45. The first-order valence-corrected chi connectivity index (χ1v) is 11.3. The Balaban J connectivity index is 1.41. The molecule has 1 unspecified atom stereocenters. The fourth-order valence-corrected chi connectivity index (χ4v) is 4.44. The summed E-state index contributed by atoms with van der Waals surface area (Å²) >= 11 is 0. The van der Waals surface area contributed by atoms with Crippen LogP contribution in [-0.4, -0.2) is 22.0 Å². The monoisotopic (exact) mass is 471 g/mol. The van der Waals surface area contributed by atoms with Gasteiger partial charge in [0, 0.05) is 36.2 Å². The normalized spacial score (nSPS) is 16.1. The quantitative estimate of drug-likeness (QED) is 0.329. The van der Waals surface area contributed by atoms with Crippen LogP contribution in [0.5, 0.6) is 0 Å². The Labute approximate surface area is 201 Å². The molecule has 0 aliphatic carbocycles. The van der Waals surface area contributed by atoms with Crippen molar-refractivity contribution in [2.24, 2.45) is 11.0 Å². The van der Waals surface area contributed by atoms with Crippen LogP contribution in [0.4, 0.5) is 14.5 Å². The molecule has 1 aliphatic heterocycles. The molecule has 5 rings (SSSR count). The average molecular weight is 472 g/mol. The van der Waals surface area contributed by atoms with Gasteiger partial charge in [0.25, 0.3) is 11.8 Å². The molecule has 5 nitrogen and oxygen atoms in total. The first kappa shape index (κ1) is 22.7. The van der Waals surface area contributed by atoms with Crippen molar-refractivity contribution in [1.82, 2.24) is 4.57 Å². The summed E-state index contributed by atoms with van der Waals surface area (Å²) in [5.74, 6) is -4.87. The van der Waals surface area contributed by atoms with Gasteiger partial charge in [-0.1, -0.05) is 42.5 Å². The molecule has 0 saturated heterocycles. The van der Waals surface area contributed by atoms with Gasteiger partial charge in [-0.3, -0.25) is 9.59 Å². The molecule has 4 aromatic rings. The van der Waals surface area contributed by atoms with Crippen molar-refractivity contribution in [1.29, 1.82) is 0 Å². The van der Waals surface area contributed by atoms with Crippen molar-refractivity contribution in [3.63, 3.8) is 0 Å². The summed E-state index contributed by atoms with van der Waals surface area (Å²) in [6, 6.07) is 23.2. The molecule has 1 aromatic heterocycles. The number of anilines is 1. The van der Waals surface area contributed by atoms with E-state index in [-0.39, 0.29) is 17.8 Å². The maximum absolute atomic E-state index is 13.7. The van der Waals surface area contributed by atoms with Crippen LogP contribution in [-0.2, 0) is 21.9 Å². The number of halogens is 2. The number of aromatic nitrogens is 1. The molecule has 0 N–H and O–H groups in total. The minimum absolute atomic E-state index is 0.128. The topological polar surface area (TPSA) is 54.7 Å². The van der Waals surface area contributed by atoms with Crippen molar-refractivity contribution < 1.29 is 18.4 Å². The number of rotatable bonds is 6. The fourth-order valence-electron chi connectivity index (χ4n) is 4.44. The lowest BCUT2D eigenvalue weighted by atomic mass is 9.93. The number of amides is 1. The number of carbonyl (C=O) groups is 2. The Morgan fingerprint density at radius 1 is 0.971 bits per heavy atom. The highest BCUT2D eigenvalue weighted by molar-refractivity contribution is 6.27. The van der Waals surface area contributed by atoms with Gasteiger partial charge in [0.1, 0.15) is 5.92 Å². The SMILES string of the molecule is CC1=NN(c2ccc3ccn(-c4ccccc4)c3c2)C(=O)C1C(=O)Cc1cccc(C(C)(F)F)c1. The van der Waals surface area contributed by atoms with Crippen LogP contribution < -0.4 is 5.01 Å². The molecule has 0 saturated carbocycles. The van der Waals surface area contributed by atoms with Crippen molar-refractivity contribution in [2.75, 3.05) is 5.01 Å².